The highest BCUT2D eigenvalue weighted by molar-refractivity contribution is 6.31. The largest absolute Gasteiger partial charge is 0.495 e. The van der Waals surface area contributed by atoms with Crippen LogP contribution in [0.2, 0.25) is 5.02 Å². The molecule has 152 valence electrons. The smallest absolute Gasteiger partial charge is 0.241 e. The molecule has 0 aromatic heterocycles. The van der Waals surface area contributed by atoms with Gasteiger partial charge in [-0.25, -0.2) is 0 Å². The second-order valence-corrected chi connectivity index (χ2v) is 7.94. The minimum Gasteiger partial charge on any atom is -0.495 e. The number of hydrogen-bond donors (Lipinski definition) is 1. The van der Waals surface area contributed by atoms with Gasteiger partial charge in [0.1, 0.15) is 5.75 Å². The number of nitrogens with one attached hydrogen (secondary N) is 1. The van der Waals surface area contributed by atoms with E-state index in [0.717, 1.165) is 32.1 Å². The Balaban J connectivity index is 1.56. The molecule has 1 aromatic carbocycles. The zero-order valence-electron chi connectivity index (χ0n) is 16.5. The molecule has 0 radical (unpaired) electrons. The van der Waals surface area contributed by atoms with Gasteiger partial charge in [-0.3, -0.25) is 14.5 Å². The number of anilines is 1. The van der Waals surface area contributed by atoms with Crippen molar-refractivity contribution >= 4 is 29.1 Å². The summed E-state index contributed by atoms with van der Waals surface area (Å²) >= 11 is 6.00. The summed E-state index contributed by atoms with van der Waals surface area (Å²) < 4.78 is 5.25. The molecule has 1 fully saturated rings. The predicted molar refractivity (Wildman–Crippen MR) is 111 cm³/mol. The Morgan fingerprint density at radius 3 is 2.68 bits per heavy atom. The average molecular weight is 406 g/mol. The number of nitrogens with zero attached hydrogens (tertiary/aromatic N) is 2. The van der Waals surface area contributed by atoms with E-state index in [-0.39, 0.29) is 24.9 Å². The first-order valence-corrected chi connectivity index (χ1v) is 10.2. The van der Waals surface area contributed by atoms with Crippen LogP contribution >= 0.6 is 11.6 Å². The molecule has 1 aromatic rings. The molecule has 0 unspecified atom stereocenters. The Kier molecular flexibility index (Phi) is 6.97. The van der Waals surface area contributed by atoms with E-state index in [1.807, 2.05) is 4.90 Å². The van der Waals surface area contributed by atoms with Crippen LogP contribution in [-0.2, 0) is 9.59 Å². The molecule has 2 aliphatic carbocycles. The van der Waals surface area contributed by atoms with Crippen LogP contribution < -0.4 is 10.1 Å². The molecule has 1 N–H and O–H groups in total. The second kappa shape index (κ2) is 9.43. The van der Waals surface area contributed by atoms with Gasteiger partial charge in [0.15, 0.2) is 0 Å². The van der Waals surface area contributed by atoms with Gasteiger partial charge in [0.05, 0.1) is 25.9 Å². The molecule has 3 rings (SSSR count). The van der Waals surface area contributed by atoms with Crippen LogP contribution in [0, 0.1) is 0 Å². The monoisotopic (exact) mass is 405 g/mol. The van der Waals surface area contributed by atoms with Gasteiger partial charge in [0.2, 0.25) is 11.8 Å². The summed E-state index contributed by atoms with van der Waals surface area (Å²) in [6.07, 6.45) is 8.71. The molecule has 1 saturated carbocycles. The fourth-order valence-corrected chi connectivity index (χ4v) is 3.72. The van der Waals surface area contributed by atoms with Gasteiger partial charge in [-0.15, -0.1) is 0 Å². The van der Waals surface area contributed by atoms with Crippen molar-refractivity contribution in [3.63, 3.8) is 0 Å². The van der Waals surface area contributed by atoms with Crippen molar-refractivity contribution in [3.8, 4) is 5.75 Å². The van der Waals surface area contributed by atoms with E-state index >= 15 is 0 Å². The Labute approximate surface area is 171 Å². The average Bonchev–Trinajstić information content (AvgIpc) is 3.47. The third-order valence-corrected chi connectivity index (χ3v) is 5.25. The zero-order valence-corrected chi connectivity index (χ0v) is 17.3. The highest BCUT2D eigenvalue weighted by atomic mass is 35.5. The van der Waals surface area contributed by atoms with Gasteiger partial charge in [-0.2, -0.15) is 0 Å². The Morgan fingerprint density at radius 1 is 1.25 bits per heavy atom. The van der Waals surface area contributed by atoms with Gasteiger partial charge >= 0.3 is 0 Å². The minimum absolute atomic E-state index is 0.0753. The Hall–Kier alpha value is -2.05. The van der Waals surface area contributed by atoms with Crippen LogP contribution in [0.3, 0.4) is 0 Å². The van der Waals surface area contributed by atoms with Crippen LogP contribution in [0.5, 0.6) is 5.75 Å². The number of hydrogen-bond acceptors (Lipinski definition) is 4. The lowest BCUT2D eigenvalue weighted by Gasteiger charge is -2.29. The lowest BCUT2D eigenvalue weighted by Crippen LogP contribution is -2.42. The van der Waals surface area contributed by atoms with Crippen molar-refractivity contribution in [2.75, 3.05) is 32.6 Å². The molecule has 0 atom stereocenters. The third-order valence-electron chi connectivity index (χ3n) is 5.01. The number of methoxy groups -OCH3 is 1. The number of ether oxygens (including phenoxy) is 1. The van der Waals surface area contributed by atoms with E-state index in [1.54, 1.807) is 30.1 Å². The second-order valence-electron chi connectivity index (χ2n) is 7.50. The summed E-state index contributed by atoms with van der Waals surface area (Å²) in [6.45, 7) is 0.326. The molecule has 0 heterocycles. The highest BCUT2D eigenvalue weighted by Crippen LogP contribution is 2.33. The molecule has 0 aliphatic heterocycles. The van der Waals surface area contributed by atoms with Crippen molar-refractivity contribution in [1.29, 1.82) is 0 Å². The summed E-state index contributed by atoms with van der Waals surface area (Å²) in [6, 6.07) is 5.40. The molecule has 0 bridgehead atoms. The summed E-state index contributed by atoms with van der Waals surface area (Å²) in [4.78, 5) is 29.0. The van der Waals surface area contributed by atoms with E-state index in [1.165, 1.54) is 19.2 Å². The number of amides is 2. The van der Waals surface area contributed by atoms with E-state index in [4.69, 9.17) is 16.3 Å². The molecule has 6 nitrogen and oxygen atoms in total. The van der Waals surface area contributed by atoms with Gasteiger partial charge in [-0.1, -0.05) is 17.7 Å². The molecule has 7 heteroatoms. The van der Waals surface area contributed by atoms with Crippen LogP contribution in [0.15, 0.2) is 30.0 Å². The minimum atomic E-state index is -0.217. The first kappa shape index (κ1) is 20.7. The SMILES string of the molecule is COc1ccc(Cl)cc1NC(=O)CN(C)CC(=O)N(C1=CCCCC1)C1CC1. The van der Waals surface area contributed by atoms with Gasteiger partial charge in [0.25, 0.3) is 0 Å². The Morgan fingerprint density at radius 2 is 2.04 bits per heavy atom. The molecule has 0 spiro atoms. The number of carbonyl (C=O) groups is 2. The zero-order chi connectivity index (χ0) is 20.1. The van der Waals surface area contributed by atoms with Crippen LogP contribution in [0.25, 0.3) is 0 Å². The summed E-state index contributed by atoms with van der Waals surface area (Å²) in [5.41, 5.74) is 1.69. The fraction of sp³-hybridized carbons (Fsp3) is 0.524. The molecule has 0 saturated heterocycles. The topological polar surface area (TPSA) is 61.9 Å². The van der Waals surface area contributed by atoms with Crippen molar-refractivity contribution in [1.82, 2.24) is 9.80 Å². The van der Waals surface area contributed by atoms with Crippen molar-refractivity contribution in [3.05, 3.63) is 35.0 Å². The van der Waals surface area contributed by atoms with Crippen molar-refractivity contribution in [2.45, 2.75) is 44.6 Å². The van der Waals surface area contributed by atoms with Crippen LogP contribution in [0.4, 0.5) is 5.69 Å². The Bertz CT molecular complexity index is 761. The number of halogens is 1. The van der Waals surface area contributed by atoms with Gasteiger partial charge in [0, 0.05) is 16.8 Å². The van der Waals surface area contributed by atoms with E-state index < -0.39 is 0 Å². The standard InChI is InChI=1S/C21H28ClN3O3/c1-24(13-20(26)23-18-12-15(22)8-11-19(18)28-2)14-21(27)25(17-9-10-17)16-6-4-3-5-7-16/h6,8,11-12,17H,3-5,7,9-10,13-14H2,1-2H3,(H,23,26). The number of benzene rings is 1. The first-order chi connectivity index (χ1) is 13.5. The van der Waals surface area contributed by atoms with Crippen molar-refractivity contribution in [2.24, 2.45) is 0 Å². The number of carbonyl (C=O) groups excluding carboxylic acids is 2. The molecular weight excluding hydrogens is 378 g/mol. The van der Waals surface area contributed by atoms with Crippen LogP contribution in [0.1, 0.15) is 38.5 Å². The molecular formula is C21H28ClN3O3. The number of allylic oxidation sites excluding steroid dienone is 2. The maximum atomic E-state index is 12.9. The van der Waals surface area contributed by atoms with E-state index in [0.29, 0.717) is 22.5 Å². The predicted octanol–water partition coefficient (Wildman–Crippen LogP) is 3.67. The maximum absolute atomic E-state index is 12.9. The lowest BCUT2D eigenvalue weighted by molar-refractivity contribution is -0.131. The summed E-state index contributed by atoms with van der Waals surface area (Å²) in [5.74, 6) is 0.401. The molecule has 28 heavy (non-hydrogen) atoms. The first-order valence-electron chi connectivity index (χ1n) is 9.81. The summed E-state index contributed by atoms with van der Waals surface area (Å²) in [5, 5.41) is 3.32. The highest BCUT2D eigenvalue weighted by Gasteiger charge is 2.35. The number of likely N-dealkylation sites (N-methyl/N-ethyl adjacent to an activating group) is 1. The fourth-order valence-electron chi connectivity index (χ4n) is 3.55. The normalized spacial score (nSPS) is 16.5. The quantitative estimate of drug-likeness (QED) is 0.716. The van der Waals surface area contributed by atoms with Gasteiger partial charge in [-0.05, 0) is 63.8 Å². The summed E-state index contributed by atoms with van der Waals surface area (Å²) in [7, 11) is 3.32. The molecule has 2 aliphatic rings. The van der Waals surface area contributed by atoms with E-state index in [2.05, 4.69) is 11.4 Å². The third kappa shape index (κ3) is 5.49. The van der Waals surface area contributed by atoms with Crippen molar-refractivity contribution < 1.29 is 14.3 Å². The maximum Gasteiger partial charge on any atom is 0.241 e. The molecule has 2 amide bonds. The number of rotatable bonds is 8. The van der Waals surface area contributed by atoms with E-state index in [9.17, 15) is 9.59 Å². The lowest BCUT2D eigenvalue weighted by atomic mass is 10.0. The van der Waals surface area contributed by atoms with Gasteiger partial charge < -0.3 is 15.0 Å². The van der Waals surface area contributed by atoms with Crippen LogP contribution in [-0.4, -0.2) is 54.9 Å².